The van der Waals surface area contributed by atoms with E-state index in [9.17, 15) is 19.5 Å². The summed E-state index contributed by atoms with van der Waals surface area (Å²) in [5.74, 6) is -1.65. The molecule has 1 unspecified atom stereocenters. The molecule has 1 aliphatic rings. The quantitative estimate of drug-likeness (QED) is 0.225. The number of aliphatic hydroxyl groups is 1. The number of ketones is 1. The van der Waals surface area contributed by atoms with Crippen molar-refractivity contribution in [2.75, 3.05) is 26.2 Å². The fourth-order valence-corrected chi connectivity index (χ4v) is 4.65. The molecule has 1 saturated heterocycles. The van der Waals surface area contributed by atoms with Crippen LogP contribution in [0.25, 0.3) is 5.76 Å². The van der Waals surface area contributed by atoms with E-state index in [2.05, 4.69) is 0 Å². The van der Waals surface area contributed by atoms with Gasteiger partial charge in [0.2, 0.25) is 0 Å². The molecule has 3 aromatic rings. The Morgan fingerprint density at radius 3 is 2.24 bits per heavy atom. The Labute approximate surface area is 214 Å². The number of benzene rings is 3. The minimum absolute atomic E-state index is 0.0954. The predicted octanol–water partition coefficient (Wildman–Crippen LogP) is 4.73. The summed E-state index contributed by atoms with van der Waals surface area (Å²) in [6.07, 6.45) is 0. The van der Waals surface area contributed by atoms with Gasteiger partial charge in [-0.15, -0.1) is 0 Å². The zero-order valence-corrected chi connectivity index (χ0v) is 21.2. The number of methoxy groups -OCH3 is 3. The maximum Gasteiger partial charge on any atom is 0.337 e. The number of Topliss-reactive ketones (excluding diaryl/α,β-unsaturated/α-hetero) is 1. The number of ether oxygens (including phenoxy) is 3. The number of anilines is 1. The Balaban J connectivity index is 1.99. The van der Waals surface area contributed by atoms with Gasteiger partial charge in [-0.05, 0) is 66.9 Å². The summed E-state index contributed by atoms with van der Waals surface area (Å²) in [5.41, 5.74) is 2.91. The van der Waals surface area contributed by atoms with Gasteiger partial charge in [0.15, 0.2) is 0 Å². The number of carbonyl (C=O) groups excluding carboxylic acids is 3. The number of rotatable bonds is 6. The van der Waals surface area contributed by atoms with Crippen LogP contribution in [0.5, 0.6) is 11.5 Å². The highest BCUT2D eigenvalue weighted by Gasteiger charge is 2.47. The number of nitrogens with zero attached hydrogens (tertiary/aromatic N) is 1. The van der Waals surface area contributed by atoms with Gasteiger partial charge in [0.25, 0.3) is 11.7 Å². The second kappa shape index (κ2) is 10.2. The highest BCUT2D eigenvalue weighted by atomic mass is 16.5. The van der Waals surface area contributed by atoms with Gasteiger partial charge in [0.05, 0.1) is 44.1 Å². The van der Waals surface area contributed by atoms with Crippen molar-refractivity contribution >= 4 is 29.1 Å². The molecule has 4 rings (SSSR count). The normalized spacial score (nSPS) is 16.6. The fraction of sp³-hybridized carbons (Fsp3) is 0.207. The molecule has 0 radical (unpaired) electrons. The Kier molecular flexibility index (Phi) is 7.02. The third kappa shape index (κ3) is 4.53. The van der Waals surface area contributed by atoms with E-state index in [0.29, 0.717) is 28.3 Å². The summed E-state index contributed by atoms with van der Waals surface area (Å²) in [4.78, 5) is 40.4. The molecular formula is C29H27NO7. The molecule has 1 N–H and O–H groups in total. The summed E-state index contributed by atoms with van der Waals surface area (Å²) in [7, 11) is 4.27. The molecule has 1 atom stereocenters. The van der Waals surface area contributed by atoms with Crippen molar-refractivity contribution in [3.63, 3.8) is 0 Å². The number of hydrogen-bond acceptors (Lipinski definition) is 7. The van der Waals surface area contributed by atoms with Crippen molar-refractivity contribution in [2.24, 2.45) is 0 Å². The van der Waals surface area contributed by atoms with E-state index in [1.807, 2.05) is 19.9 Å². The Bertz CT molecular complexity index is 1420. The zero-order valence-electron chi connectivity index (χ0n) is 21.2. The van der Waals surface area contributed by atoms with Gasteiger partial charge in [0.1, 0.15) is 17.3 Å². The van der Waals surface area contributed by atoms with Crippen LogP contribution in [0.15, 0.2) is 66.2 Å². The first-order chi connectivity index (χ1) is 17.7. The topological polar surface area (TPSA) is 102 Å². The lowest BCUT2D eigenvalue weighted by Gasteiger charge is -2.26. The van der Waals surface area contributed by atoms with Crippen LogP contribution >= 0.6 is 0 Å². The molecule has 8 heteroatoms. The molecule has 0 aliphatic carbocycles. The van der Waals surface area contributed by atoms with E-state index < -0.39 is 23.7 Å². The van der Waals surface area contributed by atoms with Gasteiger partial charge in [-0.25, -0.2) is 4.79 Å². The van der Waals surface area contributed by atoms with Crippen molar-refractivity contribution in [1.29, 1.82) is 0 Å². The molecule has 190 valence electrons. The number of esters is 1. The van der Waals surface area contributed by atoms with Crippen molar-refractivity contribution in [2.45, 2.75) is 19.9 Å². The van der Waals surface area contributed by atoms with E-state index in [1.165, 1.54) is 32.3 Å². The van der Waals surface area contributed by atoms with Crippen LogP contribution in [0.3, 0.4) is 0 Å². The largest absolute Gasteiger partial charge is 0.507 e. The highest BCUT2D eigenvalue weighted by Crippen LogP contribution is 2.44. The van der Waals surface area contributed by atoms with Gasteiger partial charge < -0.3 is 19.3 Å². The second-order valence-corrected chi connectivity index (χ2v) is 8.65. The zero-order chi connectivity index (χ0) is 26.9. The van der Waals surface area contributed by atoms with Crippen LogP contribution < -0.4 is 14.4 Å². The van der Waals surface area contributed by atoms with Crippen LogP contribution in [-0.2, 0) is 14.3 Å². The molecule has 1 heterocycles. The van der Waals surface area contributed by atoms with E-state index >= 15 is 0 Å². The minimum atomic E-state index is -0.982. The van der Waals surface area contributed by atoms with E-state index in [-0.39, 0.29) is 16.9 Å². The van der Waals surface area contributed by atoms with Gasteiger partial charge >= 0.3 is 5.97 Å². The van der Waals surface area contributed by atoms with Crippen LogP contribution in [0.4, 0.5) is 5.69 Å². The smallest absolute Gasteiger partial charge is 0.337 e. The van der Waals surface area contributed by atoms with Crippen LogP contribution in [0, 0.1) is 13.8 Å². The SMILES string of the molecule is COC(=O)c1cccc(N2C(=O)C(=O)/C(=C(/O)c3cc(C)cc(C)c3OC)C2c2ccc(OC)cc2)c1. The molecule has 1 aliphatic heterocycles. The number of aliphatic hydroxyl groups excluding tert-OH is 1. The second-order valence-electron chi connectivity index (χ2n) is 8.65. The lowest BCUT2D eigenvalue weighted by molar-refractivity contribution is -0.132. The third-order valence-corrected chi connectivity index (χ3v) is 6.30. The molecule has 3 aromatic carbocycles. The monoisotopic (exact) mass is 501 g/mol. The lowest BCUT2D eigenvalue weighted by atomic mass is 9.93. The summed E-state index contributed by atoms with van der Waals surface area (Å²) in [6.45, 7) is 3.70. The molecule has 0 bridgehead atoms. The summed E-state index contributed by atoms with van der Waals surface area (Å²) < 4.78 is 15.6. The van der Waals surface area contributed by atoms with Gasteiger partial charge in [-0.3, -0.25) is 14.5 Å². The maximum absolute atomic E-state index is 13.5. The van der Waals surface area contributed by atoms with Crippen molar-refractivity contribution in [1.82, 2.24) is 0 Å². The van der Waals surface area contributed by atoms with Gasteiger partial charge in [-0.1, -0.05) is 24.3 Å². The molecule has 8 nitrogen and oxygen atoms in total. The molecule has 37 heavy (non-hydrogen) atoms. The van der Waals surface area contributed by atoms with E-state index in [0.717, 1.165) is 11.1 Å². The Morgan fingerprint density at radius 2 is 1.62 bits per heavy atom. The number of aryl methyl sites for hydroxylation is 2. The molecular weight excluding hydrogens is 474 g/mol. The van der Waals surface area contributed by atoms with Crippen LogP contribution in [0.1, 0.15) is 38.7 Å². The lowest BCUT2D eigenvalue weighted by Crippen LogP contribution is -2.29. The molecule has 0 saturated carbocycles. The van der Waals surface area contributed by atoms with Crippen LogP contribution in [-0.4, -0.2) is 44.1 Å². The Hall–Kier alpha value is -4.59. The molecule has 1 fully saturated rings. The minimum Gasteiger partial charge on any atom is -0.507 e. The van der Waals surface area contributed by atoms with E-state index in [4.69, 9.17) is 14.2 Å². The summed E-state index contributed by atoms with van der Waals surface area (Å²) in [6, 6.07) is 15.7. The van der Waals surface area contributed by atoms with Crippen molar-refractivity contribution in [3.8, 4) is 11.5 Å². The fourth-order valence-electron chi connectivity index (χ4n) is 4.65. The predicted molar refractivity (Wildman–Crippen MR) is 138 cm³/mol. The molecule has 0 aromatic heterocycles. The van der Waals surface area contributed by atoms with Crippen LogP contribution in [0.2, 0.25) is 0 Å². The summed E-state index contributed by atoms with van der Waals surface area (Å²) >= 11 is 0. The molecule has 0 spiro atoms. The number of amides is 1. The summed E-state index contributed by atoms with van der Waals surface area (Å²) in [5, 5.41) is 11.5. The first-order valence-electron chi connectivity index (χ1n) is 11.5. The average Bonchev–Trinajstić information content (AvgIpc) is 3.17. The first kappa shape index (κ1) is 25.5. The first-order valence-corrected chi connectivity index (χ1v) is 11.5. The van der Waals surface area contributed by atoms with Gasteiger partial charge in [-0.2, -0.15) is 0 Å². The number of carbonyl (C=O) groups is 3. The average molecular weight is 502 g/mol. The van der Waals surface area contributed by atoms with E-state index in [1.54, 1.807) is 48.5 Å². The van der Waals surface area contributed by atoms with Crippen molar-refractivity contribution < 1.29 is 33.7 Å². The van der Waals surface area contributed by atoms with Crippen molar-refractivity contribution in [3.05, 3.63) is 94.1 Å². The highest BCUT2D eigenvalue weighted by molar-refractivity contribution is 6.51. The number of hydrogen-bond donors (Lipinski definition) is 1. The Morgan fingerprint density at radius 1 is 0.919 bits per heavy atom. The maximum atomic E-state index is 13.5. The molecule has 1 amide bonds. The third-order valence-electron chi connectivity index (χ3n) is 6.30. The van der Waals surface area contributed by atoms with Gasteiger partial charge in [0, 0.05) is 5.69 Å². The standard InChI is InChI=1S/C29H27NO7/c1-16-13-17(2)27(36-4)22(14-16)25(31)23-24(18-9-11-21(35-3)12-10-18)30(28(33)26(23)32)20-8-6-7-19(15-20)29(34)37-5/h6-15,24,31H,1-5H3/b25-23+.